The quantitative estimate of drug-likeness (QED) is 0.824. The molecule has 3 nitrogen and oxygen atoms in total. The monoisotopic (exact) mass is 237 g/mol. The number of hydrogen-bond acceptors (Lipinski definition) is 3. The van der Waals surface area contributed by atoms with Crippen molar-refractivity contribution in [3.05, 3.63) is 59.4 Å². The summed E-state index contributed by atoms with van der Waals surface area (Å²) in [5.41, 5.74) is 3.85. The Balaban J connectivity index is 2.17. The smallest absolute Gasteiger partial charge is 0.0994 e. The Morgan fingerprint density at radius 1 is 1.28 bits per heavy atom. The summed E-state index contributed by atoms with van der Waals surface area (Å²) in [7, 11) is 2.02. The van der Waals surface area contributed by atoms with E-state index in [4.69, 9.17) is 5.26 Å². The third-order valence-corrected chi connectivity index (χ3v) is 2.90. The molecular weight excluding hydrogens is 222 g/mol. The van der Waals surface area contributed by atoms with Gasteiger partial charge in [0, 0.05) is 18.9 Å². The Labute approximate surface area is 107 Å². The van der Waals surface area contributed by atoms with E-state index in [2.05, 4.69) is 16.0 Å². The number of anilines is 1. The molecule has 0 radical (unpaired) electrons. The van der Waals surface area contributed by atoms with Gasteiger partial charge in [0.05, 0.1) is 23.9 Å². The van der Waals surface area contributed by atoms with Gasteiger partial charge in [-0.1, -0.05) is 6.07 Å². The van der Waals surface area contributed by atoms with Crippen LogP contribution in [-0.4, -0.2) is 12.0 Å². The Hall–Kier alpha value is -2.34. The van der Waals surface area contributed by atoms with Gasteiger partial charge in [-0.3, -0.25) is 4.98 Å². The van der Waals surface area contributed by atoms with Crippen LogP contribution in [0.5, 0.6) is 0 Å². The van der Waals surface area contributed by atoms with Crippen LogP contribution in [0.1, 0.15) is 16.8 Å². The number of pyridine rings is 1. The lowest BCUT2D eigenvalue weighted by atomic mass is 10.1. The molecule has 0 aliphatic heterocycles. The molecule has 1 aromatic carbocycles. The first-order valence-electron chi connectivity index (χ1n) is 5.82. The first-order valence-corrected chi connectivity index (χ1v) is 5.82. The molecular formula is C15H15N3. The van der Waals surface area contributed by atoms with Gasteiger partial charge in [-0.25, -0.2) is 0 Å². The van der Waals surface area contributed by atoms with E-state index in [-0.39, 0.29) is 0 Å². The summed E-state index contributed by atoms with van der Waals surface area (Å²) in [6.07, 6.45) is 1.80. The van der Waals surface area contributed by atoms with Crippen molar-refractivity contribution in [2.45, 2.75) is 13.5 Å². The van der Waals surface area contributed by atoms with Crippen molar-refractivity contribution in [1.29, 1.82) is 5.26 Å². The van der Waals surface area contributed by atoms with Gasteiger partial charge in [-0.05, 0) is 42.8 Å². The maximum absolute atomic E-state index is 8.91. The molecule has 1 heterocycles. The number of nitrogens with zero attached hydrogens (tertiary/aromatic N) is 3. The van der Waals surface area contributed by atoms with Gasteiger partial charge >= 0.3 is 0 Å². The molecule has 3 heteroatoms. The molecule has 0 saturated carbocycles. The van der Waals surface area contributed by atoms with Crippen LogP contribution < -0.4 is 4.90 Å². The molecule has 0 saturated heterocycles. The van der Waals surface area contributed by atoms with Gasteiger partial charge in [-0.2, -0.15) is 5.26 Å². The molecule has 0 amide bonds. The van der Waals surface area contributed by atoms with E-state index < -0.39 is 0 Å². The van der Waals surface area contributed by atoms with Crippen LogP contribution in [-0.2, 0) is 6.54 Å². The lowest BCUT2D eigenvalue weighted by Gasteiger charge is -2.19. The predicted molar refractivity (Wildman–Crippen MR) is 72.2 cm³/mol. The number of benzene rings is 1. The van der Waals surface area contributed by atoms with Gasteiger partial charge in [0.15, 0.2) is 0 Å². The average Bonchev–Trinajstić information content (AvgIpc) is 2.39. The molecule has 0 aliphatic carbocycles. The van der Waals surface area contributed by atoms with E-state index in [1.54, 1.807) is 6.20 Å². The second-order valence-electron chi connectivity index (χ2n) is 4.29. The Kier molecular flexibility index (Phi) is 3.59. The van der Waals surface area contributed by atoms with Gasteiger partial charge in [0.1, 0.15) is 0 Å². The van der Waals surface area contributed by atoms with Gasteiger partial charge in [0.2, 0.25) is 0 Å². The summed E-state index contributed by atoms with van der Waals surface area (Å²) in [4.78, 5) is 6.43. The highest BCUT2D eigenvalue weighted by atomic mass is 15.1. The number of rotatable bonds is 3. The largest absolute Gasteiger partial charge is 0.369 e. The second-order valence-corrected chi connectivity index (χ2v) is 4.29. The van der Waals surface area contributed by atoms with Crippen LogP contribution in [0, 0.1) is 18.3 Å². The first kappa shape index (κ1) is 12.1. The number of aromatic nitrogens is 1. The fraction of sp³-hybridized carbons (Fsp3) is 0.200. The zero-order valence-electron chi connectivity index (χ0n) is 10.6. The third-order valence-electron chi connectivity index (χ3n) is 2.90. The molecule has 0 atom stereocenters. The van der Waals surface area contributed by atoms with Crippen LogP contribution in [0.2, 0.25) is 0 Å². The number of aryl methyl sites for hydroxylation is 1. The van der Waals surface area contributed by atoms with Crippen LogP contribution in [0.3, 0.4) is 0 Å². The van der Waals surface area contributed by atoms with Crippen LogP contribution in [0.15, 0.2) is 42.6 Å². The van der Waals surface area contributed by atoms with E-state index >= 15 is 0 Å². The average molecular weight is 237 g/mol. The minimum absolute atomic E-state index is 0.727. The standard InChI is InChI=1S/C15H15N3/c1-12-9-15(7-6-13(12)10-16)18(2)11-14-5-3-4-8-17-14/h3-9H,11H2,1-2H3. The summed E-state index contributed by atoms with van der Waals surface area (Å²) in [5.74, 6) is 0. The maximum Gasteiger partial charge on any atom is 0.0994 e. The number of hydrogen-bond donors (Lipinski definition) is 0. The van der Waals surface area contributed by atoms with Gasteiger partial charge in [-0.15, -0.1) is 0 Å². The van der Waals surface area contributed by atoms with Gasteiger partial charge in [0.25, 0.3) is 0 Å². The number of nitriles is 1. The van der Waals surface area contributed by atoms with Crippen LogP contribution >= 0.6 is 0 Å². The highest BCUT2D eigenvalue weighted by molar-refractivity contribution is 5.53. The molecule has 0 N–H and O–H groups in total. The maximum atomic E-state index is 8.91. The molecule has 2 aromatic rings. The zero-order valence-corrected chi connectivity index (χ0v) is 10.6. The van der Waals surface area contributed by atoms with Gasteiger partial charge < -0.3 is 4.90 Å². The summed E-state index contributed by atoms with van der Waals surface area (Å²) < 4.78 is 0. The normalized spacial score (nSPS) is 9.83. The van der Waals surface area contributed by atoms with E-state index in [0.29, 0.717) is 0 Å². The molecule has 0 unspecified atom stereocenters. The van der Waals surface area contributed by atoms with Crippen molar-refractivity contribution >= 4 is 5.69 Å². The molecule has 18 heavy (non-hydrogen) atoms. The molecule has 0 fully saturated rings. The molecule has 0 spiro atoms. The lowest BCUT2D eigenvalue weighted by Crippen LogP contribution is -2.17. The predicted octanol–water partition coefficient (Wildman–Crippen LogP) is 2.90. The molecule has 0 bridgehead atoms. The van der Waals surface area contributed by atoms with Crippen molar-refractivity contribution < 1.29 is 0 Å². The molecule has 0 aliphatic rings. The zero-order chi connectivity index (χ0) is 13.0. The van der Waals surface area contributed by atoms with Crippen molar-refractivity contribution in [2.24, 2.45) is 0 Å². The van der Waals surface area contributed by atoms with E-state index in [0.717, 1.165) is 29.1 Å². The van der Waals surface area contributed by atoms with Crippen molar-refractivity contribution in [3.8, 4) is 6.07 Å². The van der Waals surface area contributed by atoms with Crippen molar-refractivity contribution in [3.63, 3.8) is 0 Å². The van der Waals surface area contributed by atoms with Crippen LogP contribution in [0.4, 0.5) is 5.69 Å². The molecule has 2 rings (SSSR count). The van der Waals surface area contributed by atoms with E-state index in [1.165, 1.54) is 0 Å². The van der Waals surface area contributed by atoms with Crippen molar-refractivity contribution in [2.75, 3.05) is 11.9 Å². The Bertz CT molecular complexity index is 570. The topological polar surface area (TPSA) is 39.9 Å². The fourth-order valence-corrected chi connectivity index (χ4v) is 1.84. The second kappa shape index (κ2) is 5.33. The lowest BCUT2D eigenvalue weighted by molar-refractivity contribution is 0.884. The highest BCUT2D eigenvalue weighted by Gasteiger charge is 2.05. The summed E-state index contributed by atoms with van der Waals surface area (Å²) >= 11 is 0. The fourth-order valence-electron chi connectivity index (χ4n) is 1.84. The minimum atomic E-state index is 0.727. The minimum Gasteiger partial charge on any atom is -0.369 e. The summed E-state index contributed by atoms with van der Waals surface area (Å²) in [6.45, 7) is 2.71. The molecule has 1 aromatic heterocycles. The summed E-state index contributed by atoms with van der Waals surface area (Å²) in [5, 5.41) is 8.91. The summed E-state index contributed by atoms with van der Waals surface area (Å²) in [6, 6.07) is 13.9. The SMILES string of the molecule is Cc1cc(N(C)Cc2ccccn2)ccc1C#N. The van der Waals surface area contributed by atoms with E-state index in [9.17, 15) is 0 Å². The Morgan fingerprint density at radius 2 is 2.11 bits per heavy atom. The van der Waals surface area contributed by atoms with Crippen LogP contribution in [0.25, 0.3) is 0 Å². The van der Waals surface area contributed by atoms with Crippen molar-refractivity contribution in [1.82, 2.24) is 4.98 Å². The first-order chi connectivity index (χ1) is 8.70. The van der Waals surface area contributed by atoms with E-state index in [1.807, 2.05) is 50.4 Å². The third kappa shape index (κ3) is 2.67. The Morgan fingerprint density at radius 3 is 2.72 bits per heavy atom. The highest BCUT2D eigenvalue weighted by Crippen LogP contribution is 2.19. The molecule has 90 valence electrons.